The summed E-state index contributed by atoms with van der Waals surface area (Å²) < 4.78 is 5.53. The number of carbonyl (C=O) groups excluding carboxylic acids is 1. The van der Waals surface area contributed by atoms with Crippen LogP contribution in [0.15, 0.2) is 42.5 Å². The van der Waals surface area contributed by atoms with Gasteiger partial charge in [0, 0.05) is 11.8 Å². The molecule has 0 heterocycles. The standard InChI is InChI=1S/C20H26O2.H3N/c1-2-3-4-5-6-7-8-16-20(21)22-19-15-11-13-17-12-9-10-14-18(17)19;/h9-15H,2-8,16H2,1H3;1H3. The lowest BCUT2D eigenvalue weighted by molar-refractivity contribution is -0.134. The van der Waals surface area contributed by atoms with E-state index in [2.05, 4.69) is 6.92 Å². The maximum atomic E-state index is 12.0. The Labute approximate surface area is 139 Å². The summed E-state index contributed by atoms with van der Waals surface area (Å²) in [4.78, 5) is 12.0. The summed E-state index contributed by atoms with van der Waals surface area (Å²) in [5.41, 5.74) is 0. The predicted molar refractivity (Wildman–Crippen MR) is 97.2 cm³/mol. The summed E-state index contributed by atoms with van der Waals surface area (Å²) in [6, 6.07) is 13.8. The van der Waals surface area contributed by atoms with E-state index in [1.165, 1.54) is 32.1 Å². The van der Waals surface area contributed by atoms with E-state index in [9.17, 15) is 4.79 Å². The normalized spacial score (nSPS) is 10.3. The first-order valence-electron chi connectivity index (χ1n) is 8.49. The molecule has 0 unspecified atom stereocenters. The van der Waals surface area contributed by atoms with Crippen molar-refractivity contribution in [3.63, 3.8) is 0 Å². The molecule has 0 aliphatic rings. The van der Waals surface area contributed by atoms with Gasteiger partial charge in [-0.05, 0) is 17.9 Å². The lowest BCUT2D eigenvalue weighted by Gasteiger charge is -2.07. The largest absolute Gasteiger partial charge is 0.426 e. The Morgan fingerprint density at radius 1 is 0.870 bits per heavy atom. The molecule has 2 aromatic rings. The van der Waals surface area contributed by atoms with Gasteiger partial charge in [0.05, 0.1) is 0 Å². The number of ether oxygens (including phenoxy) is 1. The molecular weight excluding hydrogens is 286 g/mol. The van der Waals surface area contributed by atoms with Crippen molar-refractivity contribution in [3.05, 3.63) is 42.5 Å². The molecule has 0 saturated carbocycles. The van der Waals surface area contributed by atoms with Gasteiger partial charge in [-0.15, -0.1) is 0 Å². The Morgan fingerprint density at radius 3 is 2.30 bits per heavy atom. The highest BCUT2D eigenvalue weighted by Gasteiger charge is 2.07. The lowest BCUT2D eigenvalue weighted by atomic mass is 10.1. The van der Waals surface area contributed by atoms with E-state index < -0.39 is 0 Å². The number of rotatable bonds is 9. The summed E-state index contributed by atoms with van der Waals surface area (Å²) in [7, 11) is 0. The minimum Gasteiger partial charge on any atom is -0.426 e. The van der Waals surface area contributed by atoms with Crippen molar-refractivity contribution in [2.24, 2.45) is 0 Å². The molecule has 0 spiro atoms. The number of unbranched alkanes of at least 4 members (excludes halogenated alkanes) is 6. The Morgan fingerprint density at radius 2 is 1.52 bits per heavy atom. The maximum Gasteiger partial charge on any atom is 0.311 e. The molecule has 0 fully saturated rings. The van der Waals surface area contributed by atoms with Crippen LogP contribution in [0, 0.1) is 0 Å². The zero-order chi connectivity index (χ0) is 15.6. The fourth-order valence-corrected chi connectivity index (χ4v) is 2.68. The van der Waals surface area contributed by atoms with Crippen LogP contribution in [-0.2, 0) is 4.79 Å². The van der Waals surface area contributed by atoms with Gasteiger partial charge >= 0.3 is 5.97 Å². The van der Waals surface area contributed by atoms with Crippen molar-refractivity contribution in [2.75, 3.05) is 0 Å². The smallest absolute Gasteiger partial charge is 0.311 e. The zero-order valence-electron chi connectivity index (χ0n) is 14.2. The van der Waals surface area contributed by atoms with E-state index in [4.69, 9.17) is 4.74 Å². The summed E-state index contributed by atoms with van der Waals surface area (Å²) >= 11 is 0. The third kappa shape index (κ3) is 6.41. The van der Waals surface area contributed by atoms with Gasteiger partial charge in [-0.2, -0.15) is 0 Å². The van der Waals surface area contributed by atoms with Crippen molar-refractivity contribution in [1.29, 1.82) is 0 Å². The van der Waals surface area contributed by atoms with Crippen LogP contribution in [0.3, 0.4) is 0 Å². The van der Waals surface area contributed by atoms with Gasteiger partial charge < -0.3 is 10.9 Å². The third-order valence-electron chi connectivity index (χ3n) is 3.96. The first-order valence-corrected chi connectivity index (χ1v) is 8.49. The molecule has 2 rings (SSSR count). The van der Waals surface area contributed by atoms with Gasteiger partial charge in [-0.1, -0.05) is 81.8 Å². The minimum absolute atomic E-state index is 0. The molecule has 0 amide bonds. The predicted octanol–water partition coefficient (Wildman–Crippen LogP) is 6.05. The van der Waals surface area contributed by atoms with E-state index in [1.807, 2.05) is 42.5 Å². The number of carbonyl (C=O) groups is 1. The van der Waals surface area contributed by atoms with E-state index in [0.29, 0.717) is 12.2 Å². The second kappa shape index (κ2) is 10.8. The van der Waals surface area contributed by atoms with Crippen LogP contribution in [0.25, 0.3) is 10.8 Å². The van der Waals surface area contributed by atoms with Crippen LogP contribution >= 0.6 is 0 Å². The topological polar surface area (TPSA) is 61.3 Å². The highest BCUT2D eigenvalue weighted by Crippen LogP contribution is 2.25. The molecule has 0 aromatic heterocycles. The third-order valence-corrected chi connectivity index (χ3v) is 3.96. The van der Waals surface area contributed by atoms with Crippen LogP contribution in [0.4, 0.5) is 0 Å². The average molecular weight is 315 g/mol. The first-order chi connectivity index (χ1) is 10.8. The second-order valence-electron chi connectivity index (χ2n) is 5.82. The monoisotopic (exact) mass is 315 g/mol. The molecule has 0 radical (unpaired) electrons. The van der Waals surface area contributed by atoms with Crippen LogP contribution in [-0.4, -0.2) is 5.97 Å². The quantitative estimate of drug-likeness (QED) is 0.348. The van der Waals surface area contributed by atoms with Gasteiger partial charge in [0.2, 0.25) is 0 Å². The number of benzene rings is 2. The number of hydrogen-bond donors (Lipinski definition) is 1. The molecule has 0 saturated heterocycles. The zero-order valence-corrected chi connectivity index (χ0v) is 14.2. The van der Waals surface area contributed by atoms with E-state index >= 15 is 0 Å². The average Bonchev–Trinajstić information content (AvgIpc) is 2.54. The molecule has 0 aliphatic carbocycles. The Hall–Kier alpha value is -1.87. The molecule has 23 heavy (non-hydrogen) atoms. The summed E-state index contributed by atoms with van der Waals surface area (Å²) in [5.74, 6) is 0.552. The van der Waals surface area contributed by atoms with Crippen molar-refractivity contribution >= 4 is 16.7 Å². The maximum absolute atomic E-state index is 12.0. The van der Waals surface area contributed by atoms with Crippen molar-refractivity contribution in [1.82, 2.24) is 6.15 Å². The number of esters is 1. The molecule has 126 valence electrons. The fourth-order valence-electron chi connectivity index (χ4n) is 2.68. The van der Waals surface area contributed by atoms with Crippen LogP contribution < -0.4 is 10.9 Å². The highest BCUT2D eigenvalue weighted by molar-refractivity contribution is 5.90. The van der Waals surface area contributed by atoms with Crippen molar-refractivity contribution in [2.45, 2.75) is 58.3 Å². The molecule has 0 bridgehead atoms. The van der Waals surface area contributed by atoms with Crippen LogP contribution in [0.2, 0.25) is 0 Å². The SMILES string of the molecule is CCCCCCCCCC(=O)Oc1cccc2ccccc12.N. The van der Waals surface area contributed by atoms with Crippen LogP contribution in [0.1, 0.15) is 58.3 Å². The summed E-state index contributed by atoms with van der Waals surface area (Å²) in [6.45, 7) is 2.23. The van der Waals surface area contributed by atoms with E-state index in [-0.39, 0.29) is 12.1 Å². The molecule has 3 nitrogen and oxygen atoms in total. The molecule has 0 atom stereocenters. The Bertz CT molecular complexity index is 590. The summed E-state index contributed by atoms with van der Waals surface area (Å²) in [5, 5.41) is 2.10. The van der Waals surface area contributed by atoms with Crippen molar-refractivity contribution in [3.8, 4) is 5.75 Å². The van der Waals surface area contributed by atoms with E-state index in [0.717, 1.165) is 23.6 Å². The van der Waals surface area contributed by atoms with Gasteiger partial charge in [-0.3, -0.25) is 4.79 Å². The fraction of sp³-hybridized carbons (Fsp3) is 0.450. The lowest BCUT2D eigenvalue weighted by Crippen LogP contribution is -2.07. The van der Waals surface area contributed by atoms with E-state index in [1.54, 1.807) is 0 Å². The highest BCUT2D eigenvalue weighted by atomic mass is 16.5. The molecule has 3 N–H and O–H groups in total. The molecular formula is C20H29NO2. The van der Waals surface area contributed by atoms with Crippen LogP contribution in [0.5, 0.6) is 5.75 Å². The molecule has 3 heteroatoms. The van der Waals surface area contributed by atoms with Gasteiger partial charge in [0.1, 0.15) is 5.75 Å². The van der Waals surface area contributed by atoms with Gasteiger partial charge in [0.15, 0.2) is 0 Å². The van der Waals surface area contributed by atoms with Gasteiger partial charge in [0.25, 0.3) is 0 Å². The van der Waals surface area contributed by atoms with Crippen molar-refractivity contribution < 1.29 is 9.53 Å². The number of fused-ring (bicyclic) bond motifs is 1. The van der Waals surface area contributed by atoms with Gasteiger partial charge in [-0.25, -0.2) is 0 Å². The number of hydrogen-bond acceptors (Lipinski definition) is 3. The Balaban J connectivity index is 0.00000264. The second-order valence-corrected chi connectivity index (χ2v) is 5.82. The summed E-state index contributed by atoms with van der Waals surface area (Å²) in [6.07, 6.45) is 8.98. The Kier molecular flexibility index (Phi) is 9.00. The molecule has 0 aliphatic heterocycles. The first kappa shape index (κ1) is 19.2. The molecule has 2 aromatic carbocycles. The minimum atomic E-state index is -0.120.